The van der Waals surface area contributed by atoms with Gasteiger partial charge >= 0.3 is 11.8 Å². The number of rotatable bonds is 0. The Balaban J connectivity index is 4.22. The fourth-order valence-electron chi connectivity index (χ4n) is 0.114. The van der Waals surface area contributed by atoms with Crippen molar-refractivity contribution in [2.75, 3.05) is 14.0 Å². The quantitative estimate of drug-likeness (QED) is 0.383. The molecule has 0 aliphatic rings. The van der Waals surface area contributed by atoms with Crippen LogP contribution in [0, 0.1) is 0 Å². The zero-order valence-electron chi connectivity index (χ0n) is 9.82. The second kappa shape index (κ2) is 3.01. The molecule has 0 unspecified atom stereocenters. The molecule has 8 heavy (non-hydrogen) atoms. The molecule has 0 rings (SSSR count). The molecule has 0 bridgehead atoms. The fraction of sp³-hybridized carbons (Fsp3) is 0.500. The highest BCUT2D eigenvalue weighted by atomic mass is 16.2. The van der Waals surface area contributed by atoms with E-state index in [0.29, 0.717) is 0 Å². The van der Waals surface area contributed by atoms with E-state index < -0.39 is 25.8 Å². The molecule has 0 aliphatic carbocycles. The van der Waals surface area contributed by atoms with Crippen molar-refractivity contribution in [2.24, 2.45) is 0 Å². The van der Waals surface area contributed by atoms with Crippen molar-refractivity contribution in [2.45, 2.75) is 0 Å². The van der Waals surface area contributed by atoms with Gasteiger partial charge in [0.25, 0.3) is 0 Å². The van der Waals surface area contributed by atoms with Gasteiger partial charge in [0.15, 0.2) is 0 Å². The summed E-state index contributed by atoms with van der Waals surface area (Å²) in [6.07, 6.45) is 0. The van der Waals surface area contributed by atoms with E-state index in [2.05, 4.69) is 0 Å². The zero-order chi connectivity index (χ0) is 11.6. The molecule has 0 aromatic carbocycles. The first-order valence-corrected chi connectivity index (χ1v) is 1.66. The summed E-state index contributed by atoms with van der Waals surface area (Å²) in [5.74, 6) is -3.03. The molecule has 2 amide bonds. The van der Waals surface area contributed by atoms with Crippen LogP contribution in [0.1, 0.15) is 8.22 Å². The van der Waals surface area contributed by atoms with Crippen LogP contribution in [-0.4, -0.2) is 25.8 Å². The Hall–Kier alpha value is -1.06. The third kappa shape index (κ3) is 1.59. The molecule has 0 atom stereocenters. The van der Waals surface area contributed by atoms with E-state index in [-0.39, 0.29) is 0 Å². The average Bonchev–Trinajstić information content (AvgIpc) is 1.78. The van der Waals surface area contributed by atoms with E-state index >= 15 is 0 Å². The molecule has 4 nitrogen and oxygen atoms in total. The Morgan fingerprint density at radius 3 is 1.88 bits per heavy atom. The minimum Gasteiger partial charge on any atom is -0.351 e. The van der Waals surface area contributed by atoms with Crippen molar-refractivity contribution < 1.29 is 17.8 Å². The summed E-state index contributed by atoms with van der Waals surface area (Å²) in [6, 6.07) is 0. The molecule has 0 aliphatic heterocycles. The SMILES string of the molecule is [2H]C([2H])([2H])NC(=O)C(=O)NC([2H])([2H])[2H]. The second-order valence-electron chi connectivity index (χ2n) is 0.908. The van der Waals surface area contributed by atoms with Crippen LogP contribution >= 0.6 is 0 Å². The highest BCUT2D eigenvalue weighted by Crippen LogP contribution is 1.59. The molecule has 0 radical (unpaired) electrons. The van der Waals surface area contributed by atoms with Crippen LogP contribution in [-0.2, 0) is 9.59 Å². The maximum absolute atomic E-state index is 10.7. The lowest BCUT2D eigenvalue weighted by Crippen LogP contribution is -2.35. The third-order valence-electron chi connectivity index (χ3n) is 0.433. The van der Waals surface area contributed by atoms with Crippen molar-refractivity contribution >= 4 is 11.8 Å². The number of likely N-dealkylation sites (N-methyl/N-ethyl adjacent to an activating group) is 2. The van der Waals surface area contributed by atoms with Gasteiger partial charge in [-0.05, 0) is 0 Å². The number of nitrogens with one attached hydrogen (secondary N) is 2. The van der Waals surface area contributed by atoms with Crippen LogP contribution in [0.15, 0.2) is 0 Å². The Bertz CT molecular complexity index is 217. The number of carbonyl (C=O) groups excluding carboxylic acids is 2. The maximum atomic E-state index is 10.7. The molecule has 4 heteroatoms. The summed E-state index contributed by atoms with van der Waals surface area (Å²) in [6.45, 7) is -5.63. The van der Waals surface area contributed by atoms with Crippen molar-refractivity contribution in [1.82, 2.24) is 10.6 Å². The summed E-state index contributed by atoms with van der Waals surface area (Å²) < 4.78 is 39.4. The van der Waals surface area contributed by atoms with E-state index in [1.54, 1.807) is 0 Å². The van der Waals surface area contributed by atoms with Gasteiger partial charge in [-0.2, -0.15) is 0 Å². The van der Waals surface area contributed by atoms with Crippen LogP contribution < -0.4 is 10.6 Å². The first-order valence-electron chi connectivity index (χ1n) is 4.66. The van der Waals surface area contributed by atoms with E-state index in [0.717, 1.165) is 0 Å². The molecule has 0 saturated heterocycles. The lowest BCUT2D eigenvalue weighted by molar-refractivity contribution is -0.138. The molecule has 0 spiro atoms. The van der Waals surface area contributed by atoms with Gasteiger partial charge in [-0.15, -0.1) is 0 Å². The smallest absolute Gasteiger partial charge is 0.309 e. The highest BCUT2D eigenvalue weighted by molar-refractivity contribution is 6.34. The summed E-state index contributed by atoms with van der Waals surface area (Å²) >= 11 is 0. The van der Waals surface area contributed by atoms with E-state index in [1.807, 2.05) is 0 Å². The zero-order valence-corrected chi connectivity index (χ0v) is 3.82. The van der Waals surface area contributed by atoms with Crippen LogP contribution in [0.25, 0.3) is 0 Å². The molecule has 0 saturated carbocycles. The number of hydrogen-bond donors (Lipinski definition) is 2. The van der Waals surface area contributed by atoms with Crippen LogP contribution in [0.4, 0.5) is 0 Å². The first kappa shape index (κ1) is 1.72. The monoisotopic (exact) mass is 122 g/mol. The molecule has 2 N–H and O–H groups in total. The summed E-state index contributed by atoms with van der Waals surface area (Å²) in [5.41, 5.74) is 0. The Labute approximate surface area is 55.7 Å². The van der Waals surface area contributed by atoms with Gasteiger partial charge in [0.2, 0.25) is 0 Å². The normalized spacial score (nSPS) is 22.0. The lowest BCUT2D eigenvalue weighted by Gasteiger charge is -1.93. The molecular weight excluding hydrogens is 108 g/mol. The Morgan fingerprint density at radius 1 is 1.25 bits per heavy atom. The standard InChI is InChI=1S/C4H8N2O2/c1-5-3(7)4(8)6-2/h1-2H3,(H,5,7)(H,6,8)/i1D3,2D3. The molecular formula is C4H8N2O2. The molecule has 0 fully saturated rings. The second-order valence-corrected chi connectivity index (χ2v) is 0.908. The van der Waals surface area contributed by atoms with Gasteiger partial charge in [-0.1, -0.05) is 0 Å². The van der Waals surface area contributed by atoms with Gasteiger partial charge < -0.3 is 10.6 Å². The summed E-state index contributed by atoms with van der Waals surface area (Å²) in [5, 5.41) is 2.68. The van der Waals surface area contributed by atoms with Crippen molar-refractivity contribution in [3.8, 4) is 0 Å². The molecule has 0 aromatic heterocycles. The van der Waals surface area contributed by atoms with Gasteiger partial charge in [-0.25, -0.2) is 0 Å². The van der Waals surface area contributed by atoms with E-state index in [4.69, 9.17) is 8.22 Å². The number of hydrogen-bond acceptors (Lipinski definition) is 2. The summed E-state index contributed by atoms with van der Waals surface area (Å²) in [7, 11) is 0. The predicted molar refractivity (Wildman–Crippen MR) is 28.1 cm³/mol. The van der Waals surface area contributed by atoms with Crippen molar-refractivity contribution in [3.05, 3.63) is 0 Å². The Kier molecular flexibility index (Phi) is 0.646. The van der Waals surface area contributed by atoms with E-state index in [9.17, 15) is 9.59 Å². The van der Waals surface area contributed by atoms with Crippen LogP contribution in [0.2, 0.25) is 0 Å². The van der Waals surface area contributed by atoms with Gasteiger partial charge in [0.1, 0.15) is 0 Å². The van der Waals surface area contributed by atoms with Crippen LogP contribution in [0.5, 0.6) is 0 Å². The molecule has 0 aromatic rings. The van der Waals surface area contributed by atoms with Crippen molar-refractivity contribution in [3.63, 3.8) is 0 Å². The van der Waals surface area contributed by atoms with Gasteiger partial charge in [0, 0.05) is 22.2 Å². The van der Waals surface area contributed by atoms with Crippen LogP contribution in [0.3, 0.4) is 0 Å². The minimum absolute atomic E-state index is 1.34. The maximum Gasteiger partial charge on any atom is 0.309 e. The fourth-order valence-corrected chi connectivity index (χ4v) is 0.114. The molecule has 46 valence electrons. The number of carbonyl (C=O) groups is 2. The number of amides is 2. The molecule has 0 heterocycles. The van der Waals surface area contributed by atoms with Gasteiger partial charge in [0.05, 0.1) is 0 Å². The lowest BCUT2D eigenvalue weighted by atomic mass is 10.6. The predicted octanol–water partition coefficient (Wildman–Crippen LogP) is -1.52. The van der Waals surface area contributed by atoms with Crippen molar-refractivity contribution in [1.29, 1.82) is 0 Å². The minimum atomic E-state index is -2.82. The average molecular weight is 122 g/mol. The van der Waals surface area contributed by atoms with E-state index in [1.165, 1.54) is 10.6 Å². The highest BCUT2D eigenvalue weighted by Gasteiger charge is 2.05. The Morgan fingerprint density at radius 2 is 1.62 bits per heavy atom. The van der Waals surface area contributed by atoms with Gasteiger partial charge in [-0.3, -0.25) is 9.59 Å². The third-order valence-corrected chi connectivity index (χ3v) is 0.433. The largest absolute Gasteiger partial charge is 0.351 e. The summed E-state index contributed by atoms with van der Waals surface area (Å²) in [4.78, 5) is 21.4. The topological polar surface area (TPSA) is 58.2 Å². The first-order chi connectivity index (χ1) is 6.01.